The predicted molar refractivity (Wildman–Crippen MR) is 80.6 cm³/mol. The Kier molecular flexibility index (Phi) is 4.04. The maximum atomic E-state index is 13.1. The highest BCUT2D eigenvalue weighted by atomic mass is 19.4. The Morgan fingerprint density at radius 2 is 2.00 bits per heavy atom. The number of furan rings is 1. The van der Waals surface area contributed by atoms with Crippen LogP contribution in [0.1, 0.15) is 16.1 Å². The van der Waals surface area contributed by atoms with E-state index in [1.807, 2.05) is 0 Å². The summed E-state index contributed by atoms with van der Waals surface area (Å²) in [4.78, 5) is 40.9. The summed E-state index contributed by atoms with van der Waals surface area (Å²) >= 11 is 0. The Morgan fingerprint density at radius 1 is 1.35 bits per heavy atom. The summed E-state index contributed by atoms with van der Waals surface area (Å²) in [7, 11) is 1.40. The Labute approximate surface area is 143 Å². The first-order valence-electron chi connectivity index (χ1n) is 7.56. The third kappa shape index (κ3) is 2.72. The SMILES string of the molecule is Cc1oc2ncn(C)c(=O)c2c1C(=O)N1C[C@@H](C(F)(F)F)[C@H](C(=O)O)C1. The van der Waals surface area contributed by atoms with E-state index in [0.717, 1.165) is 9.47 Å². The Balaban J connectivity index is 2.05. The smallest absolute Gasteiger partial charge is 0.394 e. The molecule has 0 unspecified atom stereocenters. The minimum absolute atomic E-state index is 0.0307. The van der Waals surface area contributed by atoms with E-state index in [2.05, 4.69) is 4.98 Å². The molecule has 3 heterocycles. The van der Waals surface area contributed by atoms with Gasteiger partial charge in [0.15, 0.2) is 0 Å². The number of rotatable bonds is 2. The third-order valence-electron chi connectivity index (χ3n) is 4.51. The van der Waals surface area contributed by atoms with Gasteiger partial charge in [-0.05, 0) is 6.92 Å². The minimum atomic E-state index is -4.76. The zero-order chi connectivity index (χ0) is 19.4. The van der Waals surface area contributed by atoms with Crippen molar-refractivity contribution in [2.75, 3.05) is 13.1 Å². The number of aliphatic carboxylic acids is 1. The van der Waals surface area contributed by atoms with E-state index >= 15 is 0 Å². The molecule has 1 N–H and O–H groups in total. The first-order valence-corrected chi connectivity index (χ1v) is 7.56. The maximum absolute atomic E-state index is 13.1. The number of hydrogen-bond donors (Lipinski definition) is 1. The highest BCUT2D eigenvalue weighted by Crippen LogP contribution is 2.38. The van der Waals surface area contributed by atoms with E-state index in [4.69, 9.17) is 9.52 Å². The first-order chi connectivity index (χ1) is 12.0. The summed E-state index contributed by atoms with van der Waals surface area (Å²) in [6, 6.07) is 0. The second kappa shape index (κ2) is 5.85. The van der Waals surface area contributed by atoms with Crippen LogP contribution in [0.2, 0.25) is 0 Å². The van der Waals surface area contributed by atoms with Crippen molar-refractivity contribution in [1.82, 2.24) is 14.5 Å². The van der Waals surface area contributed by atoms with E-state index in [9.17, 15) is 27.6 Å². The van der Waals surface area contributed by atoms with E-state index in [-0.39, 0.29) is 22.4 Å². The van der Waals surface area contributed by atoms with Gasteiger partial charge in [0, 0.05) is 20.1 Å². The van der Waals surface area contributed by atoms with Gasteiger partial charge in [-0.2, -0.15) is 13.2 Å². The Morgan fingerprint density at radius 3 is 2.54 bits per heavy atom. The van der Waals surface area contributed by atoms with Crippen LogP contribution in [-0.2, 0) is 11.8 Å². The molecule has 1 fully saturated rings. The summed E-state index contributed by atoms with van der Waals surface area (Å²) in [5, 5.41) is 8.93. The number of amides is 1. The van der Waals surface area contributed by atoms with Crippen molar-refractivity contribution in [3.8, 4) is 0 Å². The molecule has 1 aliphatic rings. The van der Waals surface area contributed by atoms with E-state index in [0.29, 0.717) is 0 Å². The van der Waals surface area contributed by atoms with Crippen LogP contribution in [0.25, 0.3) is 11.1 Å². The quantitative estimate of drug-likeness (QED) is 0.847. The average molecular weight is 373 g/mol. The molecule has 0 spiro atoms. The molecule has 0 aromatic carbocycles. The van der Waals surface area contributed by atoms with Crippen LogP contribution in [0.3, 0.4) is 0 Å². The molecule has 1 saturated heterocycles. The van der Waals surface area contributed by atoms with Crippen LogP contribution in [0.4, 0.5) is 13.2 Å². The zero-order valence-electron chi connectivity index (χ0n) is 13.7. The van der Waals surface area contributed by atoms with Crippen molar-refractivity contribution in [3.05, 3.63) is 28.0 Å². The Bertz CT molecular complexity index is 962. The topological polar surface area (TPSA) is 106 Å². The van der Waals surface area contributed by atoms with E-state index in [1.165, 1.54) is 20.3 Å². The van der Waals surface area contributed by atoms with E-state index < -0.39 is 48.5 Å². The van der Waals surface area contributed by atoms with E-state index in [1.54, 1.807) is 0 Å². The number of carboxylic acids is 1. The highest BCUT2D eigenvalue weighted by Gasteiger charge is 2.53. The maximum Gasteiger partial charge on any atom is 0.394 e. The number of aryl methyl sites for hydroxylation is 2. The highest BCUT2D eigenvalue weighted by molar-refractivity contribution is 6.06. The van der Waals surface area contributed by atoms with Gasteiger partial charge in [-0.3, -0.25) is 14.4 Å². The molecule has 8 nitrogen and oxygen atoms in total. The van der Waals surface area contributed by atoms with Crippen LogP contribution in [0.15, 0.2) is 15.5 Å². The number of alkyl halides is 3. The fourth-order valence-electron chi connectivity index (χ4n) is 3.15. The lowest BCUT2D eigenvalue weighted by Gasteiger charge is -2.18. The molecular weight excluding hydrogens is 359 g/mol. The number of nitrogens with zero attached hydrogens (tertiary/aromatic N) is 3. The second-order valence-electron chi connectivity index (χ2n) is 6.18. The van der Waals surface area contributed by atoms with Gasteiger partial charge in [-0.1, -0.05) is 0 Å². The van der Waals surface area contributed by atoms with Crippen molar-refractivity contribution >= 4 is 23.0 Å². The molecule has 0 saturated carbocycles. The van der Waals surface area contributed by atoms with Crippen molar-refractivity contribution in [3.63, 3.8) is 0 Å². The molecule has 2 aromatic heterocycles. The van der Waals surface area contributed by atoms with Crippen LogP contribution in [0.5, 0.6) is 0 Å². The van der Waals surface area contributed by atoms with Gasteiger partial charge in [0.05, 0.1) is 17.4 Å². The van der Waals surface area contributed by atoms with Crippen molar-refractivity contribution in [2.24, 2.45) is 18.9 Å². The molecule has 11 heteroatoms. The van der Waals surface area contributed by atoms with Gasteiger partial charge in [0.25, 0.3) is 11.5 Å². The largest absolute Gasteiger partial charge is 0.481 e. The van der Waals surface area contributed by atoms with Gasteiger partial charge in [0.2, 0.25) is 5.71 Å². The fourth-order valence-corrected chi connectivity index (χ4v) is 3.15. The van der Waals surface area contributed by atoms with Gasteiger partial charge in [-0.15, -0.1) is 0 Å². The standard InChI is InChI=1S/C15H14F3N3O5/c1-6-9(10-11(26-6)19-5-20(2)12(10)22)13(23)21-3-7(14(24)25)8(4-21)15(16,17)18/h5,7-8H,3-4H2,1-2H3,(H,24,25)/t7-,8-/m1/s1. The van der Waals surface area contributed by atoms with Crippen molar-refractivity contribution in [2.45, 2.75) is 13.1 Å². The number of aromatic nitrogens is 2. The monoisotopic (exact) mass is 373 g/mol. The number of hydrogen-bond acceptors (Lipinski definition) is 5. The molecule has 0 bridgehead atoms. The van der Waals surface area contributed by atoms with Gasteiger partial charge < -0.3 is 19.0 Å². The molecule has 1 amide bonds. The predicted octanol–water partition coefficient (Wildman–Crippen LogP) is 1.17. The summed E-state index contributed by atoms with van der Waals surface area (Å²) in [6.07, 6.45) is -3.57. The fraction of sp³-hybridized carbons (Fsp3) is 0.467. The third-order valence-corrected chi connectivity index (χ3v) is 4.51. The molecule has 2 atom stereocenters. The lowest BCUT2D eigenvalue weighted by Crippen LogP contribution is -2.34. The number of carboxylic acid groups (broad SMARTS) is 1. The van der Waals surface area contributed by atoms with Crippen molar-refractivity contribution < 1.29 is 32.3 Å². The van der Waals surface area contributed by atoms with Crippen molar-refractivity contribution in [1.29, 1.82) is 0 Å². The normalized spacial score (nSPS) is 20.7. The van der Waals surface area contributed by atoms with Gasteiger partial charge in [-0.25, -0.2) is 4.98 Å². The van der Waals surface area contributed by atoms with Gasteiger partial charge >= 0.3 is 12.1 Å². The summed E-state index contributed by atoms with van der Waals surface area (Å²) < 4.78 is 45.7. The molecule has 0 radical (unpaired) electrons. The van der Waals surface area contributed by atoms with Crippen LogP contribution < -0.4 is 5.56 Å². The molecule has 0 aliphatic carbocycles. The zero-order valence-corrected chi connectivity index (χ0v) is 13.7. The first kappa shape index (κ1) is 18.0. The lowest BCUT2D eigenvalue weighted by atomic mass is 9.96. The molecule has 1 aliphatic heterocycles. The molecular formula is C15H14F3N3O5. The second-order valence-corrected chi connectivity index (χ2v) is 6.18. The van der Waals surface area contributed by atoms with Crippen LogP contribution in [0, 0.1) is 18.8 Å². The molecule has 140 valence electrons. The number of carbonyl (C=O) groups is 2. The molecule has 3 rings (SSSR count). The number of fused-ring (bicyclic) bond motifs is 1. The van der Waals surface area contributed by atoms with Gasteiger partial charge in [0.1, 0.15) is 17.5 Å². The Hall–Kier alpha value is -2.85. The average Bonchev–Trinajstić information content (AvgIpc) is 3.12. The summed E-state index contributed by atoms with van der Waals surface area (Å²) in [5.41, 5.74) is -0.882. The number of halogens is 3. The lowest BCUT2D eigenvalue weighted by molar-refractivity contribution is -0.187. The minimum Gasteiger partial charge on any atom is -0.481 e. The summed E-state index contributed by atoms with van der Waals surface area (Å²) in [6.45, 7) is -0.0165. The molecule has 26 heavy (non-hydrogen) atoms. The van der Waals surface area contributed by atoms with Crippen LogP contribution in [-0.4, -0.2) is 50.7 Å². The molecule has 2 aromatic rings. The summed E-state index contributed by atoms with van der Waals surface area (Å²) in [5.74, 6) is -6.43. The number of carbonyl (C=O) groups excluding carboxylic acids is 1. The van der Waals surface area contributed by atoms with Crippen LogP contribution >= 0.6 is 0 Å². The number of likely N-dealkylation sites (tertiary alicyclic amines) is 1.